The lowest BCUT2D eigenvalue weighted by molar-refractivity contribution is -0.705. The van der Waals surface area contributed by atoms with Crippen molar-refractivity contribution in [1.29, 1.82) is 0 Å². The molecule has 2 unspecified atom stereocenters. The van der Waals surface area contributed by atoms with E-state index in [0.29, 0.717) is 5.92 Å². The van der Waals surface area contributed by atoms with Crippen LogP contribution in [0.4, 0.5) is 0 Å². The van der Waals surface area contributed by atoms with Crippen molar-refractivity contribution < 1.29 is 4.57 Å². The summed E-state index contributed by atoms with van der Waals surface area (Å²) in [7, 11) is 0. The van der Waals surface area contributed by atoms with Gasteiger partial charge in [-0.3, -0.25) is 0 Å². The van der Waals surface area contributed by atoms with Gasteiger partial charge in [0.25, 0.3) is 5.82 Å². The minimum atomic E-state index is 0.00558. The quantitative estimate of drug-likeness (QED) is 0.0610. The Labute approximate surface area is 285 Å². The Bertz CT molecular complexity index is 1100. The first kappa shape index (κ1) is 38.1. The van der Waals surface area contributed by atoms with E-state index in [9.17, 15) is 0 Å². The van der Waals surface area contributed by atoms with Crippen LogP contribution < -0.4 is 4.57 Å². The smallest absolute Gasteiger partial charge is 0.247 e. The topological polar surface area (TPSA) is 19.7 Å². The van der Waals surface area contributed by atoms with Crippen molar-refractivity contribution in [3.63, 3.8) is 0 Å². The van der Waals surface area contributed by atoms with Crippen molar-refractivity contribution in [3.8, 4) is 0 Å². The van der Waals surface area contributed by atoms with Crippen molar-refractivity contribution in [3.05, 3.63) is 90.0 Å². The van der Waals surface area contributed by atoms with E-state index in [0.717, 1.165) is 13.0 Å². The fourth-order valence-corrected chi connectivity index (χ4v) is 7.68. The molecule has 1 heterocycles. The molecule has 0 aliphatic heterocycles. The molecule has 1 N–H and O–H groups in total. The number of benzene rings is 2. The van der Waals surface area contributed by atoms with Crippen LogP contribution in [-0.4, -0.2) is 4.98 Å². The maximum atomic E-state index is 3.81. The largest absolute Gasteiger partial charge is 0.258 e. The summed E-state index contributed by atoms with van der Waals surface area (Å²) in [4.78, 5) is 3.81. The third-order valence-electron chi connectivity index (χ3n) is 10.6. The number of nitrogens with one attached hydrogen (secondary N) is 1. The molecule has 0 aliphatic rings. The van der Waals surface area contributed by atoms with Gasteiger partial charge in [-0.15, -0.1) is 0 Å². The number of H-pyrrole nitrogens is 1. The monoisotopic (exact) mass is 628 g/mol. The minimum absolute atomic E-state index is 0.00558. The Morgan fingerprint density at radius 1 is 0.565 bits per heavy atom. The first-order chi connectivity index (χ1) is 22.7. The van der Waals surface area contributed by atoms with Gasteiger partial charge in [-0.2, -0.15) is 0 Å². The van der Waals surface area contributed by atoms with E-state index >= 15 is 0 Å². The molecule has 256 valence electrons. The van der Waals surface area contributed by atoms with E-state index in [1.165, 1.54) is 158 Å². The second-order valence-corrected chi connectivity index (χ2v) is 14.5. The fraction of sp³-hybridized carbons (Fsp3) is 0.659. The normalized spacial score (nSPS) is 13.5. The van der Waals surface area contributed by atoms with Crippen molar-refractivity contribution in [2.24, 2.45) is 0 Å². The Morgan fingerprint density at radius 2 is 1.02 bits per heavy atom. The predicted molar refractivity (Wildman–Crippen MR) is 201 cm³/mol. The van der Waals surface area contributed by atoms with Crippen LogP contribution >= 0.6 is 0 Å². The van der Waals surface area contributed by atoms with E-state index in [1.54, 1.807) is 0 Å². The van der Waals surface area contributed by atoms with Crippen LogP contribution in [0.15, 0.2) is 73.1 Å². The zero-order chi connectivity index (χ0) is 32.5. The number of aryl methyl sites for hydroxylation is 1. The molecule has 2 heteroatoms. The summed E-state index contributed by atoms with van der Waals surface area (Å²) < 4.78 is 2.58. The molecule has 3 rings (SSSR count). The molecule has 2 atom stereocenters. The highest BCUT2D eigenvalue weighted by Gasteiger charge is 2.41. The molecule has 1 aromatic heterocycles. The number of nitrogens with zero attached hydrogens (tertiary/aromatic N) is 1. The molecule has 0 bridgehead atoms. The maximum Gasteiger partial charge on any atom is 0.258 e. The standard InChI is InChI=1S/C44H70N2/c1-4-6-8-10-12-14-16-18-20-22-30-37-46-38-36-45-43(46)42(35-29-21-19-17-15-13-11-9-7-5-2)44(3,41-33-27-24-28-34-41)39-40-31-25-23-26-32-40/h23-28,31-34,36,38,42H,4-22,29-30,35,37,39H2,1-3H3/p+1. The predicted octanol–water partition coefficient (Wildman–Crippen LogP) is 13.2. The van der Waals surface area contributed by atoms with Gasteiger partial charge in [0.2, 0.25) is 0 Å². The molecule has 0 saturated carbocycles. The van der Waals surface area contributed by atoms with Crippen LogP contribution in [0.25, 0.3) is 0 Å². The van der Waals surface area contributed by atoms with E-state index in [2.05, 4.69) is 103 Å². The molecule has 0 fully saturated rings. The molecule has 46 heavy (non-hydrogen) atoms. The summed E-state index contributed by atoms with van der Waals surface area (Å²) >= 11 is 0. The number of rotatable bonds is 28. The summed E-state index contributed by atoms with van der Waals surface area (Å²) in [6, 6.07) is 22.6. The lowest BCUT2D eigenvalue weighted by Crippen LogP contribution is -2.43. The van der Waals surface area contributed by atoms with Crippen molar-refractivity contribution in [2.45, 2.75) is 186 Å². The third-order valence-corrected chi connectivity index (χ3v) is 10.6. The molecule has 0 aliphatic carbocycles. The van der Waals surface area contributed by atoms with Gasteiger partial charge in [0.05, 0.1) is 12.5 Å². The zero-order valence-electron chi connectivity index (χ0n) is 30.4. The average Bonchev–Trinajstić information content (AvgIpc) is 3.54. The third kappa shape index (κ3) is 14.2. The van der Waals surface area contributed by atoms with Crippen LogP contribution in [0.1, 0.15) is 185 Å². The second kappa shape index (κ2) is 23.9. The van der Waals surface area contributed by atoms with E-state index in [1.807, 2.05) is 0 Å². The van der Waals surface area contributed by atoms with Gasteiger partial charge < -0.3 is 0 Å². The lowest BCUT2D eigenvalue weighted by Gasteiger charge is -2.37. The van der Waals surface area contributed by atoms with Gasteiger partial charge in [0.1, 0.15) is 12.4 Å². The molecular formula is C44H71N2+. The van der Waals surface area contributed by atoms with Gasteiger partial charge in [-0.05, 0) is 36.8 Å². The summed E-state index contributed by atoms with van der Waals surface area (Å²) in [5.74, 6) is 1.87. The van der Waals surface area contributed by atoms with Gasteiger partial charge in [-0.1, -0.05) is 203 Å². The Balaban J connectivity index is 1.63. The van der Waals surface area contributed by atoms with Crippen molar-refractivity contribution in [1.82, 2.24) is 4.98 Å². The number of hydrogen-bond donors (Lipinski definition) is 1. The highest BCUT2D eigenvalue weighted by molar-refractivity contribution is 5.32. The maximum absolute atomic E-state index is 3.81. The molecule has 0 amide bonds. The Morgan fingerprint density at radius 3 is 1.54 bits per heavy atom. The van der Waals surface area contributed by atoms with E-state index < -0.39 is 0 Å². The van der Waals surface area contributed by atoms with Crippen LogP contribution in [0.5, 0.6) is 0 Å². The summed E-state index contributed by atoms with van der Waals surface area (Å²) in [6.07, 6.45) is 36.0. The van der Waals surface area contributed by atoms with E-state index in [-0.39, 0.29) is 5.41 Å². The van der Waals surface area contributed by atoms with Crippen LogP contribution in [-0.2, 0) is 18.4 Å². The fourth-order valence-electron chi connectivity index (χ4n) is 7.68. The number of aromatic nitrogens is 2. The summed E-state index contributed by atoms with van der Waals surface area (Å²) in [6.45, 7) is 8.29. The highest BCUT2D eigenvalue weighted by Crippen LogP contribution is 2.43. The minimum Gasteiger partial charge on any atom is -0.247 e. The first-order valence-electron chi connectivity index (χ1n) is 19.8. The van der Waals surface area contributed by atoms with Crippen molar-refractivity contribution >= 4 is 0 Å². The van der Waals surface area contributed by atoms with Gasteiger partial charge in [-0.25, -0.2) is 9.55 Å². The summed E-state index contributed by atoms with van der Waals surface area (Å²) in [5, 5.41) is 0. The molecule has 0 spiro atoms. The molecule has 2 aromatic carbocycles. The molecule has 0 saturated heterocycles. The van der Waals surface area contributed by atoms with E-state index in [4.69, 9.17) is 0 Å². The number of unbranched alkanes of at least 4 members (excludes halogenated alkanes) is 19. The van der Waals surface area contributed by atoms with Gasteiger partial charge >= 0.3 is 0 Å². The zero-order valence-corrected chi connectivity index (χ0v) is 30.4. The SMILES string of the molecule is CCCCCCCCCCCCC[n+]1cc[nH]c1C(CCCCCCCCCCCC)C(C)(Cc1ccccc1)c1ccccc1. The van der Waals surface area contributed by atoms with Crippen LogP contribution in [0.2, 0.25) is 0 Å². The first-order valence-corrected chi connectivity index (χ1v) is 19.8. The van der Waals surface area contributed by atoms with Crippen LogP contribution in [0, 0.1) is 0 Å². The van der Waals surface area contributed by atoms with Crippen LogP contribution in [0.3, 0.4) is 0 Å². The lowest BCUT2D eigenvalue weighted by atomic mass is 9.66. The average molecular weight is 628 g/mol. The Hall–Kier alpha value is -2.35. The van der Waals surface area contributed by atoms with Gasteiger partial charge in [0.15, 0.2) is 0 Å². The molecule has 0 radical (unpaired) electrons. The number of hydrogen-bond acceptors (Lipinski definition) is 0. The molecule has 3 aromatic rings. The second-order valence-electron chi connectivity index (χ2n) is 14.5. The highest BCUT2D eigenvalue weighted by atomic mass is 15.1. The summed E-state index contributed by atoms with van der Waals surface area (Å²) in [5.41, 5.74) is 2.91. The number of imidazole rings is 1. The number of aromatic amines is 1. The Kier molecular flexibility index (Phi) is 19.8. The molecule has 2 nitrogen and oxygen atoms in total. The molecular weight excluding hydrogens is 556 g/mol. The van der Waals surface area contributed by atoms with Crippen molar-refractivity contribution in [2.75, 3.05) is 0 Å². The van der Waals surface area contributed by atoms with Gasteiger partial charge in [0, 0.05) is 5.41 Å².